The Morgan fingerprint density at radius 1 is 1.50 bits per heavy atom. The first-order chi connectivity index (χ1) is 6.65. The van der Waals surface area contributed by atoms with Crippen molar-refractivity contribution in [2.24, 2.45) is 5.73 Å². The number of rotatable bonds is 3. The molecule has 0 aromatic heterocycles. The van der Waals surface area contributed by atoms with Crippen molar-refractivity contribution in [1.29, 1.82) is 0 Å². The van der Waals surface area contributed by atoms with E-state index in [4.69, 9.17) is 5.73 Å². The smallest absolute Gasteiger partial charge is 0.227 e. The number of aryl methyl sites for hydroxylation is 1. The average Bonchev–Trinajstić information content (AvgIpc) is 2.17. The van der Waals surface area contributed by atoms with E-state index < -0.39 is 0 Å². The molecule has 0 atom stereocenters. The normalized spacial score (nSPS) is 9.93. The van der Waals surface area contributed by atoms with Gasteiger partial charge in [0.1, 0.15) is 0 Å². The molecule has 0 bridgehead atoms. The van der Waals surface area contributed by atoms with Gasteiger partial charge in [0.25, 0.3) is 0 Å². The van der Waals surface area contributed by atoms with Gasteiger partial charge in [-0.05, 0) is 24.6 Å². The second-order valence-electron chi connectivity index (χ2n) is 3.33. The maximum atomic E-state index is 11.5. The van der Waals surface area contributed by atoms with Gasteiger partial charge in [0.05, 0.1) is 0 Å². The molecule has 1 amide bonds. The summed E-state index contributed by atoms with van der Waals surface area (Å²) >= 11 is 0. The van der Waals surface area contributed by atoms with Crippen molar-refractivity contribution >= 4 is 11.6 Å². The number of carbonyl (C=O) groups excluding carboxylic acids is 1. The largest absolute Gasteiger partial charge is 0.330 e. The number of hydrogen-bond donors (Lipinski definition) is 1. The van der Waals surface area contributed by atoms with E-state index in [1.54, 1.807) is 11.9 Å². The molecular weight excluding hydrogens is 176 g/mol. The fraction of sp³-hybridized carbons (Fsp3) is 0.364. The lowest BCUT2D eigenvalue weighted by atomic mass is 10.2. The van der Waals surface area contributed by atoms with E-state index in [0.717, 1.165) is 11.3 Å². The fourth-order valence-corrected chi connectivity index (χ4v) is 1.27. The number of nitrogens with zero attached hydrogens (tertiary/aromatic N) is 1. The van der Waals surface area contributed by atoms with Gasteiger partial charge in [-0.2, -0.15) is 0 Å². The molecule has 1 aromatic carbocycles. The first-order valence-corrected chi connectivity index (χ1v) is 4.68. The molecule has 2 N–H and O–H groups in total. The minimum absolute atomic E-state index is 0.0538. The molecule has 0 saturated heterocycles. The predicted molar refractivity (Wildman–Crippen MR) is 58.3 cm³/mol. The third-order valence-corrected chi connectivity index (χ3v) is 2.12. The fourth-order valence-electron chi connectivity index (χ4n) is 1.27. The lowest BCUT2D eigenvalue weighted by molar-refractivity contribution is -0.118. The van der Waals surface area contributed by atoms with Gasteiger partial charge in [-0.1, -0.05) is 12.1 Å². The Morgan fingerprint density at radius 3 is 2.79 bits per heavy atom. The molecular formula is C11H16N2O. The summed E-state index contributed by atoms with van der Waals surface area (Å²) in [7, 11) is 1.77. The molecule has 1 rings (SSSR count). The van der Waals surface area contributed by atoms with Gasteiger partial charge in [0.2, 0.25) is 5.91 Å². The topological polar surface area (TPSA) is 46.3 Å². The van der Waals surface area contributed by atoms with Crippen LogP contribution in [0.3, 0.4) is 0 Å². The summed E-state index contributed by atoms with van der Waals surface area (Å²) in [5.41, 5.74) is 7.40. The monoisotopic (exact) mass is 192 g/mol. The third kappa shape index (κ3) is 2.57. The zero-order chi connectivity index (χ0) is 10.6. The Hall–Kier alpha value is -1.35. The Labute approximate surface area is 84.5 Å². The molecule has 1 aromatic rings. The van der Waals surface area contributed by atoms with Crippen LogP contribution in [-0.2, 0) is 4.79 Å². The number of anilines is 1. The molecule has 14 heavy (non-hydrogen) atoms. The molecule has 0 fully saturated rings. The molecule has 0 aliphatic heterocycles. The van der Waals surface area contributed by atoms with E-state index in [1.165, 1.54) is 0 Å². The molecule has 0 heterocycles. The quantitative estimate of drug-likeness (QED) is 0.784. The molecule has 76 valence electrons. The van der Waals surface area contributed by atoms with Gasteiger partial charge >= 0.3 is 0 Å². The van der Waals surface area contributed by atoms with Crippen LogP contribution in [0.15, 0.2) is 24.3 Å². The number of nitrogens with two attached hydrogens (primary N) is 1. The molecule has 3 nitrogen and oxygen atoms in total. The van der Waals surface area contributed by atoms with E-state index in [2.05, 4.69) is 0 Å². The summed E-state index contributed by atoms with van der Waals surface area (Å²) in [6, 6.07) is 7.84. The highest BCUT2D eigenvalue weighted by Gasteiger charge is 2.08. The zero-order valence-electron chi connectivity index (χ0n) is 8.66. The summed E-state index contributed by atoms with van der Waals surface area (Å²) in [5.74, 6) is 0.0538. The lowest BCUT2D eigenvalue weighted by Crippen LogP contribution is -2.28. The van der Waals surface area contributed by atoms with Crippen LogP contribution in [-0.4, -0.2) is 19.5 Å². The van der Waals surface area contributed by atoms with Crippen LogP contribution < -0.4 is 10.6 Å². The van der Waals surface area contributed by atoms with Crippen molar-refractivity contribution in [3.05, 3.63) is 29.8 Å². The van der Waals surface area contributed by atoms with Gasteiger partial charge in [-0.3, -0.25) is 4.79 Å². The summed E-state index contributed by atoms with van der Waals surface area (Å²) < 4.78 is 0. The van der Waals surface area contributed by atoms with E-state index in [-0.39, 0.29) is 5.91 Å². The first-order valence-electron chi connectivity index (χ1n) is 4.68. The van der Waals surface area contributed by atoms with Crippen molar-refractivity contribution < 1.29 is 4.79 Å². The Kier molecular flexibility index (Phi) is 3.65. The van der Waals surface area contributed by atoms with Gasteiger partial charge in [-0.25, -0.2) is 0 Å². The van der Waals surface area contributed by atoms with Crippen molar-refractivity contribution in [3.8, 4) is 0 Å². The second-order valence-corrected chi connectivity index (χ2v) is 3.33. The molecule has 3 heteroatoms. The van der Waals surface area contributed by atoms with Crippen LogP contribution in [0.2, 0.25) is 0 Å². The van der Waals surface area contributed by atoms with E-state index in [1.807, 2.05) is 31.2 Å². The van der Waals surface area contributed by atoms with E-state index in [9.17, 15) is 4.79 Å². The van der Waals surface area contributed by atoms with Crippen LogP contribution >= 0.6 is 0 Å². The number of carbonyl (C=O) groups is 1. The lowest BCUT2D eigenvalue weighted by Gasteiger charge is -2.17. The van der Waals surface area contributed by atoms with Crippen LogP contribution in [0.4, 0.5) is 5.69 Å². The van der Waals surface area contributed by atoms with Gasteiger partial charge in [0, 0.05) is 25.7 Å². The van der Waals surface area contributed by atoms with E-state index >= 15 is 0 Å². The Balaban J connectivity index is 2.78. The minimum Gasteiger partial charge on any atom is -0.330 e. The van der Waals surface area contributed by atoms with Gasteiger partial charge in [0.15, 0.2) is 0 Å². The molecule has 0 aliphatic carbocycles. The summed E-state index contributed by atoms with van der Waals surface area (Å²) in [4.78, 5) is 13.1. The van der Waals surface area contributed by atoms with E-state index in [0.29, 0.717) is 13.0 Å². The summed E-state index contributed by atoms with van der Waals surface area (Å²) in [6.45, 7) is 2.40. The van der Waals surface area contributed by atoms with Crippen LogP contribution in [0, 0.1) is 6.92 Å². The number of benzene rings is 1. The highest BCUT2D eigenvalue weighted by Crippen LogP contribution is 2.14. The first kappa shape index (κ1) is 10.7. The van der Waals surface area contributed by atoms with Crippen LogP contribution in [0.5, 0.6) is 0 Å². The highest BCUT2D eigenvalue weighted by molar-refractivity contribution is 5.92. The Morgan fingerprint density at radius 2 is 2.21 bits per heavy atom. The minimum atomic E-state index is 0.0538. The summed E-state index contributed by atoms with van der Waals surface area (Å²) in [5, 5.41) is 0. The van der Waals surface area contributed by atoms with Crippen LogP contribution in [0.1, 0.15) is 12.0 Å². The standard InChI is InChI=1S/C11H16N2O/c1-9-4-3-5-10(8-9)13(2)11(14)6-7-12/h3-5,8H,6-7,12H2,1-2H3. The molecule has 0 unspecified atom stereocenters. The molecule has 0 radical (unpaired) electrons. The molecule has 0 aliphatic rings. The third-order valence-electron chi connectivity index (χ3n) is 2.12. The Bertz CT molecular complexity index is 323. The summed E-state index contributed by atoms with van der Waals surface area (Å²) in [6.07, 6.45) is 0.393. The number of hydrogen-bond acceptors (Lipinski definition) is 2. The van der Waals surface area contributed by atoms with Crippen molar-refractivity contribution in [2.45, 2.75) is 13.3 Å². The second kappa shape index (κ2) is 4.77. The molecule has 0 spiro atoms. The SMILES string of the molecule is Cc1cccc(N(C)C(=O)CCN)c1. The van der Waals surface area contributed by atoms with Crippen molar-refractivity contribution in [2.75, 3.05) is 18.5 Å². The van der Waals surface area contributed by atoms with Gasteiger partial charge in [-0.15, -0.1) is 0 Å². The van der Waals surface area contributed by atoms with Crippen molar-refractivity contribution in [3.63, 3.8) is 0 Å². The average molecular weight is 192 g/mol. The maximum Gasteiger partial charge on any atom is 0.227 e. The van der Waals surface area contributed by atoms with Crippen LogP contribution in [0.25, 0.3) is 0 Å². The highest BCUT2D eigenvalue weighted by atomic mass is 16.2. The molecule has 0 saturated carbocycles. The predicted octanol–water partition coefficient (Wildman–Crippen LogP) is 1.31. The number of amides is 1. The maximum absolute atomic E-state index is 11.5. The van der Waals surface area contributed by atoms with Gasteiger partial charge < -0.3 is 10.6 Å². The zero-order valence-corrected chi connectivity index (χ0v) is 8.66. The van der Waals surface area contributed by atoms with Crippen molar-refractivity contribution in [1.82, 2.24) is 0 Å².